The quantitative estimate of drug-likeness (QED) is 0.424. The van der Waals surface area contributed by atoms with Gasteiger partial charge >= 0.3 is 0 Å². The number of aromatic amines is 1. The number of amides is 2. The third kappa shape index (κ3) is 3.07. The highest BCUT2D eigenvalue weighted by molar-refractivity contribution is 6.47. The van der Waals surface area contributed by atoms with E-state index >= 15 is 0 Å². The number of fused-ring (bicyclic) bond motifs is 2. The summed E-state index contributed by atoms with van der Waals surface area (Å²) >= 11 is 0. The van der Waals surface area contributed by atoms with Gasteiger partial charge in [-0.1, -0.05) is 31.2 Å². The molecule has 2 amide bonds. The molecule has 0 unspecified atom stereocenters. The number of likely N-dealkylation sites (N-methyl/N-ethyl adjacent to an activating group) is 1. The van der Waals surface area contributed by atoms with Crippen LogP contribution in [0.4, 0.5) is 0 Å². The van der Waals surface area contributed by atoms with Crippen LogP contribution in [0.25, 0.3) is 33.1 Å². The summed E-state index contributed by atoms with van der Waals surface area (Å²) < 4.78 is 1.87. The number of carbonyl (C=O) groups is 2. The second-order valence-electron chi connectivity index (χ2n) is 7.84. The minimum Gasteiger partial charge on any atom is -0.361 e. The number of rotatable bonds is 6. The predicted octanol–water partition coefficient (Wildman–Crippen LogP) is 3.47. The molecule has 0 bridgehead atoms. The molecule has 31 heavy (non-hydrogen) atoms. The first-order valence-electron chi connectivity index (χ1n) is 10.6. The first-order chi connectivity index (χ1) is 15.1. The summed E-state index contributed by atoms with van der Waals surface area (Å²) in [7, 11) is 1.92. The summed E-state index contributed by atoms with van der Waals surface area (Å²) in [6, 6.07) is 14.2. The van der Waals surface area contributed by atoms with Crippen LogP contribution in [-0.2, 0) is 22.4 Å². The summed E-state index contributed by atoms with van der Waals surface area (Å²) in [5.74, 6) is -0.737. The number of para-hydroxylation sites is 1. The Bertz CT molecular complexity index is 1370. The highest BCUT2D eigenvalue weighted by atomic mass is 16.2. The van der Waals surface area contributed by atoms with Gasteiger partial charge in [-0.2, -0.15) is 0 Å². The van der Waals surface area contributed by atoms with Crippen LogP contribution in [0.1, 0.15) is 23.6 Å². The van der Waals surface area contributed by atoms with Crippen molar-refractivity contribution in [2.45, 2.75) is 19.8 Å². The lowest BCUT2D eigenvalue weighted by atomic mass is 10.0. The maximum atomic E-state index is 13.0. The largest absolute Gasteiger partial charge is 0.361 e. The Morgan fingerprint density at radius 2 is 1.87 bits per heavy atom. The van der Waals surface area contributed by atoms with E-state index in [1.54, 1.807) is 0 Å². The molecule has 156 valence electrons. The van der Waals surface area contributed by atoms with E-state index in [0.29, 0.717) is 11.3 Å². The van der Waals surface area contributed by atoms with Gasteiger partial charge in [-0.15, -0.1) is 0 Å². The van der Waals surface area contributed by atoms with Crippen LogP contribution in [0.2, 0.25) is 0 Å². The molecule has 6 heteroatoms. The molecule has 6 nitrogen and oxygen atoms in total. The number of hydrogen-bond acceptors (Lipinski definition) is 3. The number of aryl methyl sites for hydroxylation is 1. The van der Waals surface area contributed by atoms with Crippen LogP contribution in [0, 0.1) is 0 Å². The first-order valence-corrected chi connectivity index (χ1v) is 10.6. The second kappa shape index (κ2) is 7.56. The fraction of sp³-hybridized carbons (Fsp3) is 0.200. The van der Waals surface area contributed by atoms with Crippen molar-refractivity contribution < 1.29 is 9.59 Å². The third-order valence-corrected chi connectivity index (χ3v) is 6.01. The lowest BCUT2D eigenvalue weighted by Gasteiger charge is -2.07. The number of carbonyl (C=O) groups excluding carboxylic acids is 2. The lowest BCUT2D eigenvalue weighted by molar-refractivity contribution is -0.122. The standard InChI is InChI=1S/C25H24N4O2/c1-3-15-8-9-20-18(12-15)19(13-27-20)22-23(25(31)28-24(22)30)29-14-16(10-11-26-2)17-6-4-5-7-21(17)29/h4-9,12-14,26-27H,3,10-11H2,1-2H3,(H,28,30,31). The molecule has 3 heterocycles. The van der Waals surface area contributed by atoms with Gasteiger partial charge in [0.05, 0.1) is 11.1 Å². The van der Waals surface area contributed by atoms with Gasteiger partial charge in [0.15, 0.2) is 0 Å². The van der Waals surface area contributed by atoms with E-state index in [9.17, 15) is 9.59 Å². The Hall–Kier alpha value is -3.64. The van der Waals surface area contributed by atoms with Crippen molar-refractivity contribution in [3.05, 3.63) is 71.5 Å². The van der Waals surface area contributed by atoms with Gasteiger partial charge in [0.1, 0.15) is 5.70 Å². The smallest absolute Gasteiger partial charge is 0.275 e. The first kappa shape index (κ1) is 19.3. The van der Waals surface area contributed by atoms with Crippen molar-refractivity contribution >= 4 is 44.9 Å². The summed E-state index contributed by atoms with van der Waals surface area (Å²) in [5, 5.41) is 7.73. The summed E-state index contributed by atoms with van der Waals surface area (Å²) in [6.45, 7) is 2.93. The van der Waals surface area contributed by atoms with E-state index in [1.165, 1.54) is 5.56 Å². The number of nitrogens with zero attached hydrogens (tertiary/aromatic N) is 1. The molecule has 1 aliphatic rings. The van der Waals surface area contributed by atoms with Crippen LogP contribution in [0.5, 0.6) is 0 Å². The number of benzene rings is 2. The van der Waals surface area contributed by atoms with Gasteiger partial charge in [0.25, 0.3) is 11.8 Å². The van der Waals surface area contributed by atoms with Crippen LogP contribution >= 0.6 is 0 Å². The Kier molecular flexibility index (Phi) is 4.71. The van der Waals surface area contributed by atoms with E-state index in [0.717, 1.165) is 52.3 Å². The van der Waals surface area contributed by atoms with E-state index in [1.807, 2.05) is 48.3 Å². The number of hydrogen-bond donors (Lipinski definition) is 3. The molecule has 0 fully saturated rings. The zero-order valence-electron chi connectivity index (χ0n) is 17.6. The molecule has 2 aromatic heterocycles. The van der Waals surface area contributed by atoms with Crippen molar-refractivity contribution in [2.24, 2.45) is 0 Å². The average molecular weight is 412 g/mol. The molecule has 0 saturated heterocycles. The minimum atomic E-state index is -0.373. The van der Waals surface area contributed by atoms with Crippen LogP contribution in [0.15, 0.2) is 54.9 Å². The maximum absolute atomic E-state index is 13.0. The summed E-state index contributed by atoms with van der Waals surface area (Å²) in [5.41, 5.74) is 5.71. The van der Waals surface area contributed by atoms with E-state index in [2.05, 4.69) is 40.7 Å². The Balaban J connectivity index is 1.78. The summed E-state index contributed by atoms with van der Waals surface area (Å²) in [6.07, 6.45) is 5.54. The molecule has 0 spiro atoms. The van der Waals surface area contributed by atoms with Crippen LogP contribution in [-0.4, -0.2) is 35.0 Å². The highest BCUT2D eigenvalue weighted by Gasteiger charge is 2.34. The molecule has 0 saturated carbocycles. The number of nitrogens with one attached hydrogen (secondary N) is 3. The minimum absolute atomic E-state index is 0.364. The third-order valence-electron chi connectivity index (χ3n) is 6.01. The van der Waals surface area contributed by atoms with Gasteiger partial charge < -0.3 is 14.9 Å². The molecule has 0 radical (unpaired) electrons. The van der Waals surface area contributed by atoms with Crippen LogP contribution in [0.3, 0.4) is 0 Å². The molecular weight excluding hydrogens is 388 g/mol. The molecule has 3 N–H and O–H groups in total. The van der Waals surface area contributed by atoms with Crippen molar-refractivity contribution in [1.29, 1.82) is 0 Å². The molecule has 2 aromatic carbocycles. The maximum Gasteiger partial charge on any atom is 0.275 e. The Labute approximate surface area is 179 Å². The fourth-order valence-corrected chi connectivity index (χ4v) is 4.41. The number of H-pyrrole nitrogens is 1. The van der Waals surface area contributed by atoms with E-state index < -0.39 is 0 Å². The summed E-state index contributed by atoms with van der Waals surface area (Å²) in [4.78, 5) is 29.2. The fourth-order valence-electron chi connectivity index (χ4n) is 4.41. The zero-order chi connectivity index (χ0) is 21.5. The molecule has 0 atom stereocenters. The van der Waals surface area contributed by atoms with Crippen molar-refractivity contribution in [2.75, 3.05) is 13.6 Å². The topological polar surface area (TPSA) is 78.9 Å². The van der Waals surface area contributed by atoms with E-state index in [4.69, 9.17) is 0 Å². The van der Waals surface area contributed by atoms with Gasteiger partial charge in [0.2, 0.25) is 0 Å². The van der Waals surface area contributed by atoms with Gasteiger partial charge in [-0.05, 0) is 55.8 Å². The highest BCUT2D eigenvalue weighted by Crippen LogP contribution is 2.35. The zero-order valence-corrected chi connectivity index (χ0v) is 17.6. The van der Waals surface area contributed by atoms with E-state index in [-0.39, 0.29) is 11.8 Å². The van der Waals surface area contributed by atoms with Crippen LogP contribution < -0.4 is 10.6 Å². The van der Waals surface area contributed by atoms with Crippen molar-refractivity contribution in [3.8, 4) is 0 Å². The number of imide groups is 1. The lowest BCUT2D eigenvalue weighted by Crippen LogP contribution is -2.23. The average Bonchev–Trinajstić information content (AvgIpc) is 3.44. The molecule has 1 aliphatic heterocycles. The normalized spacial score (nSPS) is 14.3. The molecule has 0 aliphatic carbocycles. The SMILES string of the molecule is CCc1ccc2[nH]cc(C3=C(n4cc(CCNC)c5ccccc54)C(=O)NC3=O)c2c1. The molecule has 4 aromatic rings. The van der Waals surface area contributed by atoms with Crippen molar-refractivity contribution in [1.82, 2.24) is 20.2 Å². The molecule has 5 rings (SSSR count). The van der Waals surface area contributed by atoms with Crippen molar-refractivity contribution in [3.63, 3.8) is 0 Å². The molecular formula is C25H24N4O2. The monoisotopic (exact) mass is 412 g/mol. The Morgan fingerprint density at radius 3 is 2.68 bits per heavy atom. The van der Waals surface area contributed by atoms with Gasteiger partial charge in [-0.25, -0.2) is 0 Å². The van der Waals surface area contributed by atoms with Gasteiger partial charge in [0, 0.05) is 34.2 Å². The Morgan fingerprint density at radius 1 is 1.03 bits per heavy atom. The second-order valence-corrected chi connectivity index (χ2v) is 7.84. The predicted molar refractivity (Wildman–Crippen MR) is 124 cm³/mol. The number of aromatic nitrogens is 2. The van der Waals surface area contributed by atoms with Gasteiger partial charge in [-0.3, -0.25) is 14.9 Å².